The Morgan fingerprint density at radius 2 is 1.95 bits per heavy atom. The van der Waals surface area contributed by atoms with Gasteiger partial charge in [0.2, 0.25) is 0 Å². The highest BCUT2D eigenvalue weighted by atomic mass is 79.9. The maximum Gasteiger partial charge on any atom is 0.199 e. The number of carbonyl (C=O) groups excluding carboxylic acids is 1. The number of benzene rings is 2. The zero-order valence-electron chi connectivity index (χ0n) is 11.8. The van der Waals surface area contributed by atoms with E-state index in [2.05, 4.69) is 33.0 Å². The molecule has 3 rings (SSSR count). The predicted octanol–water partition coefficient (Wildman–Crippen LogP) is 5.11. The summed E-state index contributed by atoms with van der Waals surface area (Å²) in [5.41, 5.74) is 2.16. The topological polar surface area (TPSA) is 30.0 Å². The molecule has 2 nitrogen and oxygen atoms in total. The molecule has 0 aliphatic rings. The van der Waals surface area contributed by atoms with Gasteiger partial charge in [-0.15, -0.1) is 11.3 Å². The fourth-order valence-electron chi connectivity index (χ4n) is 2.44. The molecule has 1 atom stereocenters. The van der Waals surface area contributed by atoms with Crippen LogP contribution in [0.3, 0.4) is 0 Å². The van der Waals surface area contributed by atoms with Crippen LogP contribution in [0.2, 0.25) is 0 Å². The van der Waals surface area contributed by atoms with Crippen LogP contribution in [0.1, 0.15) is 26.8 Å². The summed E-state index contributed by atoms with van der Waals surface area (Å²) in [6.07, 6.45) is 2.35. The highest BCUT2D eigenvalue weighted by Gasteiger charge is 2.24. The summed E-state index contributed by atoms with van der Waals surface area (Å²) < 4.78 is 1.03. The van der Waals surface area contributed by atoms with Crippen molar-refractivity contribution in [3.05, 3.63) is 86.8 Å². The maximum atomic E-state index is 12.8. The first kappa shape index (κ1) is 15.1. The summed E-state index contributed by atoms with van der Waals surface area (Å²) in [5, 5.41) is 2.41. The van der Waals surface area contributed by atoms with Gasteiger partial charge < -0.3 is 0 Å². The smallest absolute Gasteiger partial charge is 0.199 e. The van der Waals surface area contributed by atoms with Gasteiger partial charge in [0.05, 0.1) is 5.92 Å². The Hall–Kier alpha value is -1.78. The zero-order valence-corrected chi connectivity index (χ0v) is 14.2. The lowest BCUT2D eigenvalue weighted by Gasteiger charge is -2.15. The molecule has 22 heavy (non-hydrogen) atoms. The lowest BCUT2D eigenvalue weighted by atomic mass is 9.88. The molecule has 0 fully saturated rings. The number of rotatable bonds is 5. The molecule has 1 heterocycles. The zero-order chi connectivity index (χ0) is 15.4. The van der Waals surface area contributed by atoms with E-state index < -0.39 is 0 Å². The first-order chi connectivity index (χ1) is 10.7. The first-order valence-electron chi connectivity index (χ1n) is 6.97. The average molecular weight is 372 g/mol. The second-order valence-corrected chi connectivity index (χ2v) is 6.81. The van der Waals surface area contributed by atoms with Crippen LogP contribution < -0.4 is 0 Å². The lowest BCUT2D eigenvalue weighted by Crippen LogP contribution is -2.15. The predicted molar refractivity (Wildman–Crippen MR) is 93.5 cm³/mol. The van der Waals surface area contributed by atoms with Crippen LogP contribution in [-0.2, 0) is 6.42 Å². The monoisotopic (exact) mass is 371 g/mol. The fourth-order valence-corrected chi connectivity index (χ4v) is 3.52. The van der Waals surface area contributed by atoms with E-state index in [1.807, 2.05) is 47.8 Å². The Morgan fingerprint density at radius 3 is 2.64 bits per heavy atom. The molecule has 0 bridgehead atoms. The molecule has 0 amide bonds. The van der Waals surface area contributed by atoms with Crippen molar-refractivity contribution in [3.63, 3.8) is 0 Å². The first-order valence-corrected chi connectivity index (χ1v) is 8.64. The minimum atomic E-state index is -0.207. The van der Waals surface area contributed by atoms with Gasteiger partial charge in [0.25, 0.3) is 0 Å². The fraction of sp³-hybridized carbons (Fsp3) is 0.111. The van der Waals surface area contributed by atoms with Crippen molar-refractivity contribution in [2.45, 2.75) is 12.3 Å². The Labute approximate surface area is 142 Å². The van der Waals surface area contributed by atoms with Gasteiger partial charge in [0, 0.05) is 16.0 Å². The summed E-state index contributed by atoms with van der Waals surface area (Å²) in [6.45, 7) is 0. The minimum Gasteiger partial charge on any atom is -0.291 e. The molecule has 0 aliphatic carbocycles. The van der Waals surface area contributed by atoms with Crippen LogP contribution in [0, 0.1) is 0 Å². The third kappa shape index (κ3) is 3.51. The van der Waals surface area contributed by atoms with Gasteiger partial charge in [-0.2, -0.15) is 0 Å². The number of hydrogen-bond donors (Lipinski definition) is 0. The third-order valence-corrected chi connectivity index (χ3v) is 4.77. The number of halogens is 1. The number of carbonyl (C=O) groups is 1. The van der Waals surface area contributed by atoms with Crippen LogP contribution in [0.5, 0.6) is 0 Å². The largest absolute Gasteiger partial charge is 0.291 e. The second kappa shape index (κ2) is 6.99. The Morgan fingerprint density at radius 1 is 1.14 bits per heavy atom. The quantitative estimate of drug-likeness (QED) is 0.582. The van der Waals surface area contributed by atoms with E-state index in [1.54, 1.807) is 6.20 Å². The van der Waals surface area contributed by atoms with Gasteiger partial charge in [0.15, 0.2) is 10.8 Å². The molecule has 0 saturated heterocycles. The Balaban J connectivity index is 1.94. The summed E-state index contributed by atoms with van der Waals surface area (Å²) >= 11 is 4.89. The lowest BCUT2D eigenvalue weighted by molar-refractivity contribution is 0.0958. The standard InChI is InChI=1S/C18H14BrNOS/c19-15-8-4-5-13(11-15)12-16(14-6-2-1-3-7-14)17(21)18-20-9-10-22-18/h1-11,16H,12H2. The molecule has 0 aliphatic heterocycles. The number of hydrogen-bond acceptors (Lipinski definition) is 3. The van der Waals surface area contributed by atoms with Crippen molar-refractivity contribution in [2.24, 2.45) is 0 Å². The summed E-state index contributed by atoms with van der Waals surface area (Å²) in [5.74, 6) is -0.122. The van der Waals surface area contributed by atoms with Gasteiger partial charge in [0.1, 0.15) is 0 Å². The molecule has 0 N–H and O–H groups in total. The maximum absolute atomic E-state index is 12.8. The Bertz CT molecular complexity index is 756. The van der Waals surface area contributed by atoms with Crippen molar-refractivity contribution in [2.75, 3.05) is 0 Å². The van der Waals surface area contributed by atoms with Crippen molar-refractivity contribution >= 4 is 33.0 Å². The molecular weight excluding hydrogens is 358 g/mol. The molecule has 110 valence electrons. The van der Waals surface area contributed by atoms with Gasteiger partial charge in [-0.1, -0.05) is 58.4 Å². The minimum absolute atomic E-state index is 0.0844. The van der Waals surface area contributed by atoms with Gasteiger partial charge in [-0.05, 0) is 29.7 Å². The van der Waals surface area contributed by atoms with Gasteiger partial charge in [-0.3, -0.25) is 4.79 Å². The number of Topliss-reactive ketones (excluding diaryl/α,β-unsaturated/α-hetero) is 1. The molecule has 4 heteroatoms. The Kier molecular flexibility index (Phi) is 4.80. The number of ketones is 1. The molecule has 0 radical (unpaired) electrons. The van der Waals surface area contributed by atoms with E-state index in [-0.39, 0.29) is 11.7 Å². The third-order valence-electron chi connectivity index (χ3n) is 3.49. The van der Waals surface area contributed by atoms with E-state index in [0.29, 0.717) is 11.4 Å². The van der Waals surface area contributed by atoms with E-state index in [4.69, 9.17) is 0 Å². The van der Waals surface area contributed by atoms with Crippen molar-refractivity contribution < 1.29 is 4.79 Å². The molecule has 0 saturated carbocycles. The van der Waals surface area contributed by atoms with Gasteiger partial charge in [-0.25, -0.2) is 4.98 Å². The van der Waals surface area contributed by atoms with E-state index in [0.717, 1.165) is 15.6 Å². The molecule has 1 unspecified atom stereocenters. The van der Waals surface area contributed by atoms with E-state index >= 15 is 0 Å². The second-order valence-electron chi connectivity index (χ2n) is 5.00. The number of aromatic nitrogens is 1. The van der Waals surface area contributed by atoms with Crippen LogP contribution in [0.25, 0.3) is 0 Å². The van der Waals surface area contributed by atoms with Crippen molar-refractivity contribution in [1.82, 2.24) is 4.98 Å². The van der Waals surface area contributed by atoms with Crippen LogP contribution in [0.15, 0.2) is 70.6 Å². The molecular formula is C18H14BrNOS. The number of thiazole rings is 1. The highest BCUT2D eigenvalue weighted by molar-refractivity contribution is 9.10. The van der Waals surface area contributed by atoms with Crippen LogP contribution in [-0.4, -0.2) is 10.8 Å². The molecule has 0 spiro atoms. The van der Waals surface area contributed by atoms with Crippen molar-refractivity contribution in [3.8, 4) is 0 Å². The summed E-state index contributed by atoms with van der Waals surface area (Å²) in [7, 11) is 0. The average Bonchev–Trinajstić information content (AvgIpc) is 3.07. The molecule has 3 aromatic rings. The number of nitrogens with zero attached hydrogens (tertiary/aromatic N) is 1. The molecule has 1 aromatic heterocycles. The normalized spacial score (nSPS) is 12.0. The van der Waals surface area contributed by atoms with E-state index in [1.165, 1.54) is 11.3 Å². The highest BCUT2D eigenvalue weighted by Crippen LogP contribution is 2.27. The van der Waals surface area contributed by atoms with E-state index in [9.17, 15) is 4.79 Å². The van der Waals surface area contributed by atoms with Gasteiger partial charge >= 0.3 is 0 Å². The van der Waals surface area contributed by atoms with Crippen LogP contribution in [0.4, 0.5) is 0 Å². The summed E-state index contributed by atoms with van der Waals surface area (Å²) in [6, 6.07) is 18.0. The van der Waals surface area contributed by atoms with Crippen molar-refractivity contribution in [1.29, 1.82) is 0 Å². The van der Waals surface area contributed by atoms with Crippen LogP contribution >= 0.6 is 27.3 Å². The SMILES string of the molecule is O=C(c1nccs1)C(Cc1cccc(Br)c1)c1ccccc1. The molecule has 2 aromatic carbocycles. The summed E-state index contributed by atoms with van der Waals surface area (Å²) in [4.78, 5) is 17.0.